The predicted octanol–water partition coefficient (Wildman–Crippen LogP) is 1.82. The Morgan fingerprint density at radius 1 is 1.39 bits per heavy atom. The zero-order chi connectivity index (χ0) is 13.5. The fourth-order valence-corrected chi connectivity index (χ4v) is 1.31. The Labute approximate surface area is 103 Å². The van der Waals surface area contributed by atoms with Gasteiger partial charge in [0.2, 0.25) is 5.91 Å². The van der Waals surface area contributed by atoms with Gasteiger partial charge in [0.15, 0.2) is 0 Å². The molecule has 0 aliphatic heterocycles. The average Bonchev–Trinajstić information content (AvgIpc) is 2.36. The van der Waals surface area contributed by atoms with Gasteiger partial charge in [-0.05, 0) is 12.5 Å². The maximum absolute atomic E-state index is 11.7. The first-order valence-electron chi connectivity index (χ1n) is 5.24. The fourth-order valence-electron chi connectivity index (χ4n) is 1.31. The summed E-state index contributed by atoms with van der Waals surface area (Å²) in [6.07, 6.45) is 2.11. The van der Waals surface area contributed by atoms with Gasteiger partial charge < -0.3 is 0 Å². The predicted molar refractivity (Wildman–Crippen MR) is 65.0 cm³/mol. The van der Waals surface area contributed by atoms with Crippen molar-refractivity contribution in [3.05, 3.63) is 52.6 Å². The number of para-hydroxylation sites is 1. The number of hydrogen-bond acceptors (Lipinski definition) is 4. The average molecular weight is 248 g/mol. The third kappa shape index (κ3) is 3.51. The van der Waals surface area contributed by atoms with Crippen LogP contribution in [0.1, 0.15) is 23.2 Å². The van der Waals surface area contributed by atoms with Crippen LogP contribution in [0.15, 0.2) is 36.9 Å². The molecule has 0 fully saturated rings. The highest BCUT2D eigenvalue weighted by atomic mass is 16.6. The fraction of sp³-hybridized carbons (Fsp3) is 0.167. The molecular weight excluding hydrogens is 236 g/mol. The normalized spacial score (nSPS) is 9.56. The van der Waals surface area contributed by atoms with Gasteiger partial charge >= 0.3 is 0 Å². The number of nitro groups is 1. The van der Waals surface area contributed by atoms with Gasteiger partial charge in [-0.3, -0.25) is 25.0 Å². The Balaban J connectivity index is 2.81. The van der Waals surface area contributed by atoms with Gasteiger partial charge in [0, 0.05) is 12.5 Å². The number of carbonyl (C=O) groups excluding carboxylic acids is 2. The van der Waals surface area contributed by atoms with E-state index in [0.29, 0.717) is 6.42 Å². The standard InChI is InChI=1S/C12H12N2O4/c1-2-3-8-11(15)13-12(16)9-6-4-5-7-10(9)14(17)18/h2,4-7H,1,3,8H2,(H,13,15,16). The van der Waals surface area contributed by atoms with Crippen LogP contribution in [0.25, 0.3) is 0 Å². The van der Waals surface area contributed by atoms with E-state index in [9.17, 15) is 19.7 Å². The van der Waals surface area contributed by atoms with Gasteiger partial charge in [0.05, 0.1) is 4.92 Å². The molecule has 0 saturated heterocycles. The summed E-state index contributed by atoms with van der Waals surface area (Å²) in [5, 5.41) is 12.8. The molecule has 1 aromatic carbocycles. The van der Waals surface area contributed by atoms with E-state index in [-0.39, 0.29) is 17.7 Å². The van der Waals surface area contributed by atoms with Crippen molar-refractivity contribution in [1.29, 1.82) is 0 Å². The van der Waals surface area contributed by atoms with Crippen LogP contribution >= 0.6 is 0 Å². The SMILES string of the molecule is C=CCCC(=O)NC(=O)c1ccccc1[N+](=O)[O-]. The van der Waals surface area contributed by atoms with Crippen LogP contribution in [0, 0.1) is 10.1 Å². The molecule has 1 aromatic rings. The number of hydrogen-bond donors (Lipinski definition) is 1. The summed E-state index contributed by atoms with van der Waals surface area (Å²) in [5.41, 5.74) is -0.457. The van der Waals surface area contributed by atoms with Crippen LogP contribution in [0.3, 0.4) is 0 Å². The monoisotopic (exact) mass is 248 g/mol. The van der Waals surface area contributed by atoms with Crippen molar-refractivity contribution in [2.45, 2.75) is 12.8 Å². The summed E-state index contributed by atoms with van der Waals surface area (Å²) in [5.74, 6) is -1.26. The van der Waals surface area contributed by atoms with E-state index in [4.69, 9.17) is 0 Å². The molecule has 0 atom stereocenters. The molecule has 6 nitrogen and oxygen atoms in total. The van der Waals surface area contributed by atoms with E-state index in [1.54, 1.807) is 6.08 Å². The molecule has 0 radical (unpaired) electrons. The molecule has 1 rings (SSSR count). The summed E-state index contributed by atoms with van der Waals surface area (Å²) in [6, 6.07) is 5.46. The van der Waals surface area contributed by atoms with Crippen molar-refractivity contribution in [2.75, 3.05) is 0 Å². The molecule has 0 aliphatic carbocycles. The van der Waals surface area contributed by atoms with Crippen LogP contribution in [-0.2, 0) is 4.79 Å². The number of imide groups is 1. The van der Waals surface area contributed by atoms with E-state index in [2.05, 4.69) is 11.9 Å². The molecule has 0 aromatic heterocycles. The lowest BCUT2D eigenvalue weighted by Gasteiger charge is -2.03. The smallest absolute Gasteiger partial charge is 0.282 e. The van der Waals surface area contributed by atoms with Crippen LogP contribution in [0.4, 0.5) is 5.69 Å². The minimum Gasteiger partial charge on any atom is -0.292 e. The molecule has 0 bridgehead atoms. The number of nitro benzene ring substituents is 1. The van der Waals surface area contributed by atoms with Crippen molar-refractivity contribution in [2.24, 2.45) is 0 Å². The highest BCUT2D eigenvalue weighted by Crippen LogP contribution is 2.17. The van der Waals surface area contributed by atoms with E-state index in [1.807, 2.05) is 0 Å². The second-order valence-corrected chi connectivity index (χ2v) is 3.48. The van der Waals surface area contributed by atoms with Gasteiger partial charge in [0.1, 0.15) is 5.56 Å². The minimum atomic E-state index is -0.767. The third-order valence-electron chi connectivity index (χ3n) is 2.17. The van der Waals surface area contributed by atoms with Crippen molar-refractivity contribution < 1.29 is 14.5 Å². The zero-order valence-corrected chi connectivity index (χ0v) is 9.59. The quantitative estimate of drug-likeness (QED) is 0.489. The molecule has 0 spiro atoms. The van der Waals surface area contributed by atoms with Crippen LogP contribution in [0.5, 0.6) is 0 Å². The second-order valence-electron chi connectivity index (χ2n) is 3.48. The van der Waals surface area contributed by atoms with Crippen molar-refractivity contribution in [3.63, 3.8) is 0 Å². The molecule has 18 heavy (non-hydrogen) atoms. The summed E-state index contributed by atoms with van der Waals surface area (Å²) in [7, 11) is 0. The van der Waals surface area contributed by atoms with Crippen molar-refractivity contribution >= 4 is 17.5 Å². The number of rotatable bonds is 5. The lowest BCUT2D eigenvalue weighted by atomic mass is 10.1. The molecule has 6 heteroatoms. The van der Waals surface area contributed by atoms with Crippen molar-refractivity contribution in [3.8, 4) is 0 Å². The first-order valence-corrected chi connectivity index (χ1v) is 5.24. The maximum Gasteiger partial charge on any atom is 0.282 e. The number of allylic oxidation sites excluding steroid dienone is 1. The second kappa shape index (κ2) is 6.29. The van der Waals surface area contributed by atoms with Gasteiger partial charge in [-0.15, -0.1) is 6.58 Å². The Hall–Kier alpha value is -2.50. The van der Waals surface area contributed by atoms with Crippen LogP contribution < -0.4 is 5.32 Å². The minimum absolute atomic E-state index is 0.121. The Morgan fingerprint density at radius 3 is 2.67 bits per heavy atom. The summed E-state index contributed by atoms with van der Waals surface area (Å²) in [6.45, 7) is 3.45. The number of nitrogens with zero attached hydrogens (tertiary/aromatic N) is 1. The summed E-state index contributed by atoms with van der Waals surface area (Å²) in [4.78, 5) is 33.0. The first-order chi connectivity index (χ1) is 8.56. The lowest BCUT2D eigenvalue weighted by Crippen LogP contribution is -2.30. The van der Waals surface area contributed by atoms with Gasteiger partial charge in [-0.25, -0.2) is 0 Å². The van der Waals surface area contributed by atoms with Gasteiger partial charge in [0.25, 0.3) is 11.6 Å². The maximum atomic E-state index is 11.7. The molecule has 1 N–H and O–H groups in total. The molecular formula is C12H12N2O4. The Morgan fingerprint density at radius 2 is 2.06 bits per heavy atom. The molecule has 2 amide bonds. The Bertz CT molecular complexity index is 497. The van der Waals surface area contributed by atoms with Crippen molar-refractivity contribution in [1.82, 2.24) is 5.32 Å². The number of benzene rings is 1. The number of nitrogens with one attached hydrogen (secondary N) is 1. The van der Waals surface area contributed by atoms with E-state index < -0.39 is 16.7 Å². The molecule has 94 valence electrons. The third-order valence-corrected chi connectivity index (χ3v) is 2.17. The van der Waals surface area contributed by atoms with E-state index >= 15 is 0 Å². The summed E-state index contributed by atoms with van der Waals surface area (Å²) >= 11 is 0. The van der Waals surface area contributed by atoms with Crippen LogP contribution in [0.2, 0.25) is 0 Å². The first kappa shape index (κ1) is 13.6. The van der Waals surface area contributed by atoms with Crippen LogP contribution in [-0.4, -0.2) is 16.7 Å². The van der Waals surface area contributed by atoms with E-state index in [1.165, 1.54) is 24.3 Å². The lowest BCUT2D eigenvalue weighted by molar-refractivity contribution is -0.385. The number of carbonyl (C=O) groups is 2. The zero-order valence-electron chi connectivity index (χ0n) is 9.59. The summed E-state index contributed by atoms with van der Waals surface area (Å²) < 4.78 is 0. The van der Waals surface area contributed by atoms with E-state index in [0.717, 1.165) is 0 Å². The highest BCUT2D eigenvalue weighted by Gasteiger charge is 2.20. The Kier molecular flexibility index (Phi) is 4.74. The number of amides is 2. The highest BCUT2D eigenvalue weighted by molar-refractivity contribution is 6.06. The largest absolute Gasteiger partial charge is 0.292 e. The molecule has 0 saturated carbocycles. The van der Waals surface area contributed by atoms with Gasteiger partial charge in [-0.2, -0.15) is 0 Å². The molecule has 0 heterocycles. The van der Waals surface area contributed by atoms with Gasteiger partial charge in [-0.1, -0.05) is 18.2 Å². The topological polar surface area (TPSA) is 89.3 Å². The molecule has 0 unspecified atom stereocenters. The molecule has 0 aliphatic rings.